The van der Waals surface area contributed by atoms with E-state index in [-0.39, 0.29) is 0 Å². The number of rotatable bonds is 2. The highest BCUT2D eigenvalue weighted by Crippen LogP contribution is 2.24. The molecular formula is C11H14BrClN4. The molecule has 2 aromatic rings. The van der Waals surface area contributed by atoms with Crippen molar-refractivity contribution in [2.75, 3.05) is 0 Å². The summed E-state index contributed by atoms with van der Waals surface area (Å²) in [5.74, 6) is 0. The fourth-order valence-electron chi connectivity index (χ4n) is 1.82. The fourth-order valence-corrected chi connectivity index (χ4v) is 2.42. The van der Waals surface area contributed by atoms with E-state index in [0.29, 0.717) is 6.54 Å². The SMILES string of the molecule is Cc1nn(Cc2c(Br)c(C)nn2C)c(C)c1Cl. The zero-order chi connectivity index (χ0) is 12.7. The largest absolute Gasteiger partial charge is 0.269 e. The highest BCUT2D eigenvalue weighted by molar-refractivity contribution is 9.10. The maximum absolute atomic E-state index is 6.13. The van der Waals surface area contributed by atoms with Crippen molar-refractivity contribution in [3.63, 3.8) is 0 Å². The van der Waals surface area contributed by atoms with Crippen LogP contribution in [-0.4, -0.2) is 19.6 Å². The maximum atomic E-state index is 6.13. The molecule has 0 amide bonds. The first kappa shape index (κ1) is 12.6. The van der Waals surface area contributed by atoms with E-state index in [0.717, 1.165) is 32.3 Å². The molecule has 0 spiro atoms. The number of nitrogens with zero attached hydrogens (tertiary/aromatic N) is 4. The zero-order valence-corrected chi connectivity index (χ0v) is 12.6. The van der Waals surface area contributed by atoms with Gasteiger partial charge in [0.25, 0.3) is 0 Å². The molecule has 2 rings (SSSR count). The first-order valence-corrected chi connectivity index (χ1v) is 6.46. The van der Waals surface area contributed by atoms with Crippen LogP contribution in [0, 0.1) is 20.8 Å². The van der Waals surface area contributed by atoms with Crippen LogP contribution in [0.5, 0.6) is 0 Å². The molecule has 0 saturated carbocycles. The molecule has 0 atom stereocenters. The van der Waals surface area contributed by atoms with E-state index in [1.165, 1.54) is 0 Å². The van der Waals surface area contributed by atoms with Crippen molar-refractivity contribution in [3.8, 4) is 0 Å². The Balaban J connectivity index is 2.41. The Morgan fingerprint density at radius 1 is 1.18 bits per heavy atom. The number of aromatic nitrogens is 4. The molecule has 0 radical (unpaired) electrons. The summed E-state index contributed by atoms with van der Waals surface area (Å²) in [6.07, 6.45) is 0. The third-order valence-corrected chi connectivity index (χ3v) is 4.43. The van der Waals surface area contributed by atoms with Gasteiger partial charge in [0.1, 0.15) is 0 Å². The van der Waals surface area contributed by atoms with Gasteiger partial charge in [-0.15, -0.1) is 0 Å². The van der Waals surface area contributed by atoms with E-state index in [1.54, 1.807) is 0 Å². The molecule has 0 aliphatic heterocycles. The lowest BCUT2D eigenvalue weighted by atomic mass is 10.3. The number of halogens is 2. The van der Waals surface area contributed by atoms with Gasteiger partial charge < -0.3 is 0 Å². The van der Waals surface area contributed by atoms with Gasteiger partial charge in [-0.3, -0.25) is 9.36 Å². The van der Waals surface area contributed by atoms with Crippen molar-refractivity contribution in [2.45, 2.75) is 27.3 Å². The van der Waals surface area contributed by atoms with E-state index < -0.39 is 0 Å². The average molecular weight is 318 g/mol. The van der Waals surface area contributed by atoms with Gasteiger partial charge in [-0.2, -0.15) is 10.2 Å². The Kier molecular flexibility index (Phi) is 3.32. The maximum Gasteiger partial charge on any atom is 0.0844 e. The standard InChI is InChI=1S/C11H14BrClN4/c1-6-10(12)9(16(4)14-6)5-17-8(3)11(13)7(2)15-17/h5H2,1-4H3. The molecule has 0 aliphatic rings. The van der Waals surface area contributed by atoms with E-state index in [4.69, 9.17) is 11.6 Å². The lowest BCUT2D eigenvalue weighted by Crippen LogP contribution is -2.09. The van der Waals surface area contributed by atoms with Crippen molar-refractivity contribution in [1.29, 1.82) is 0 Å². The highest BCUT2D eigenvalue weighted by Gasteiger charge is 2.15. The molecule has 0 bridgehead atoms. The van der Waals surface area contributed by atoms with E-state index in [9.17, 15) is 0 Å². The van der Waals surface area contributed by atoms with Gasteiger partial charge in [0.2, 0.25) is 0 Å². The molecule has 0 N–H and O–H groups in total. The van der Waals surface area contributed by atoms with Crippen LogP contribution in [0.2, 0.25) is 5.02 Å². The predicted molar refractivity (Wildman–Crippen MR) is 71.5 cm³/mol. The Morgan fingerprint density at radius 2 is 1.82 bits per heavy atom. The summed E-state index contributed by atoms with van der Waals surface area (Å²) in [4.78, 5) is 0. The van der Waals surface area contributed by atoms with Crippen LogP contribution in [0.15, 0.2) is 4.47 Å². The van der Waals surface area contributed by atoms with Crippen LogP contribution in [0.25, 0.3) is 0 Å². The van der Waals surface area contributed by atoms with Gasteiger partial charge in [-0.05, 0) is 36.7 Å². The molecule has 17 heavy (non-hydrogen) atoms. The van der Waals surface area contributed by atoms with Gasteiger partial charge in [0, 0.05) is 7.05 Å². The number of hydrogen-bond acceptors (Lipinski definition) is 2. The Hall–Kier alpha value is -0.810. The Morgan fingerprint density at radius 3 is 2.24 bits per heavy atom. The molecule has 2 heterocycles. The third-order valence-electron chi connectivity index (χ3n) is 2.85. The minimum Gasteiger partial charge on any atom is -0.269 e. The Bertz CT molecular complexity index is 571. The summed E-state index contributed by atoms with van der Waals surface area (Å²) in [5, 5.41) is 9.52. The van der Waals surface area contributed by atoms with Gasteiger partial charge in [0.05, 0.1) is 38.8 Å². The number of aryl methyl sites for hydroxylation is 3. The molecule has 0 aromatic carbocycles. The molecule has 92 valence electrons. The second-order valence-electron chi connectivity index (χ2n) is 4.11. The van der Waals surface area contributed by atoms with Crippen molar-refractivity contribution >= 4 is 27.5 Å². The molecule has 0 saturated heterocycles. The van der Waals surface area contributed by atoms with Gasteiger partial charge >= 0.3 is 0 Å². The molecule has 4 nitrogen and oxygen atoms in total. The van der Waals surface area contributed by atoms with E-state index in [1.807, 2.05) is 37.2 Å². The molecule has 0 unspecified atom stereocenters. The van der Waals surface area contributed by atoms with E-state index in [2.05, 4.69) is 26.1 Å². The lowest BCUT2D eigenvalue weighted by molar-refractivity contribution is 0.602. The van der Waals surface area contributed by atoms with Crippen LogP contribution < -0.4 is 0 Å². The van der Waals surface area contributed by atoms with Crippen LogP contribution in [0.1, 0.15) is 22.8 Å². The summed E-state index contributed by atoms with van der Waals surface area (Å²) in [6.45, 7) is 6.52. The molecule has 6 heteroatoms. The third kappa shape index (κ3) is 2.13. The highest BCUT2D eigenvalue weighted by atomic mass is 79.9. The smallest absolute Gasteiger partial charge is 0.0844 e. The topological polar surface area (TPSA) is 35.6 Å². The average Bonchev–Trinajstić information content (AvgIpc) is 2.65. The van der Waals surface area contributed by atoms with Crippen LogP contribution in [0.4, 0.5) is 0 Å². The second kappa shape index (κ2) is 4.46. The fraction of sp³-hybridized carbons (Fsp3) is 0.455. The van der Waals surface area contributed by atoms with Crippen LogP contribution in [0.3, 0.4) is 0 Å². The monoisotopic (exact) mass is 316 g/mol. The van der Waals surface area contributed by atoms with Crippen molar-refractivity contribution in [1.82, 2.24) is 19.6 Å². The number of hydrogen-bond donors (Lipinski definition) is 0. The zero-order valence-electron chi connectivity index (χ0n) is 10.3. The van der Waals surface area contributed by atoms with Crippen LogP contribution in [-0.2, 0) is 13.6 Å². The minimum atomic E-state index is 0.664. The molecule has 2 aromatic heterocycles. The molecular weight excluding hydrogens is 304 g/mol. The summed E-state index contributed by atoms with van der Waals surface area (Å²) >= 11 is 9.68. The first-order valence-electron chi connectivity index (χ1n) is 5.29. The molecule has 0 fully saturated rings. The quantitative estimate of drug-likeness (QED) is 0.853. The summed E-state index contributed by atoms with van der Waals surface area (Å²) in [7, 11) is 1.93. The molecule has 0 aliphatic carbocycles. The van der Waals surface area contributed by atoms with Gasteiger partial charge in [-0.25, -0.2) is 0 Å². The summed E-state index contributed by atoms with van der Waals surface area (Å²) < 4.78 is 4.80. The van der Waals surface area contributed by atoms with Crippen LogP contribution >= 0.6 is 27.5 Å². The van der Waals surface area contributed by atoms with Crippen molar-refractivity contribution < 1.29 is 0 Å². The van der Waals surface area contributed by atoms with Crippen molar-refractivity contribution in [2.24, 2.45) is 7.05 Å². The minimum absolute atomic E-state index is 0.664. The van der Waals surface area contributed by atoms with Crippen molar-refractivity contribution in [3.05, 3.63) is 32.3 Å². The summed E-state index contributed by atoms with van der Waals surface area (Å²) in [5.41, 5.74) is 3.91. The Labute approximate surface area is 114 Å². The van der Waals surface area contributed by atoms with E-state index >= 15 is 0 Å². The first-order chi connectivity index (χ1) is 7.91. The normalized spacial score (nSPS) is 11.2. The second-order valence-corrected chi connectivity index (χ2v) is 5.28. The van der Waals surface area contributed by atoms with Gasteiger partial charge in [-0.1, -0.05) is 11.6 Å². The van der Waals surface area contributed by atoms with Gasteiger partial charge in [0.15, 0.2) is 0 Å². The predicted octanol–water partition coefficient (Wildman–Crippen LogP) is 3.01. The lowest BCUT2D eigenvalue weighted by Gasteiger charge is -2.05. The summed E-state index contributed by atoms with van der Waals surface area (Å²) in [6, 6.07) is 0.